The highest BCUT2D eigenvalue weighted by atomic mass is 19.1. The molecule has 3 heteroatoms. The summed E-state index contributed by atoms with van der Waals surface area (Å²) in [7, 11) is 0. The van der Waals surface area contributed by atoms with Crippen molar-refractivity contribution in [3.8, 4) is 0 Å². The van der Waals surface area contributed by atoms with Gasteiger partial charge in [-0.2, -0.15) is 0 Å². The average Bonchev–Trinajstić information content (AvgIpc) is 2.30. The summed E-state index contributed by atoms with van der Waals surface area (Å²) in [6, 6.07) is 7.39. The molecule has 0 radical (unpaired) electrons. The summed E-state index contributed by atoms with van der Waals surface area (Å²) < 4.78 is 26.4. The average molecular weight is 233 g/mol. The van der Waals surface area contributed by atoms with Gasteiger partial charge in [0.05, 0.1) is 0 Å². The van der Waals surface area contributed by atoms with Crippen molar-refractivity contribution in [3.05, 3.63) is 65.5 Å². The van der Waals surface area contributed by atoms with Gasteiger partial charge in [-0.1, -0.05) is 13.0 Å². The second kappa shape index (κ2) is 5.04. The summed E-state index contributed by atoms with van der Waals surface area (Å²) in [6.07, 6.45) is 4.19. The summed E-state index contributed by atoms with van der Waals surface area (Å²) in [4.78, 5) is 4.04. The van der Waals surface area contributed by atoms with Gasteiger partial charge in [-0.3, -0.25) is 4.98 Å². The second-order valence-electron chi connectivity index (χ2n) is 3.95. The van der Waals surface area contributed by atoms with Gasteiger partial charge < -0.3 is 0 Å². The Hall–Kier alpha value is -1.77. The summed E-state index contributed by atoms with van der Waals surface area (Å²) in [5, 5.41) is 0. The van der Waals surface area contributed by atoms with E-state index in [-0.39, 0.29) is 5.92 Å². The van der Waals surface area contributed by atoms with Gasteiger partial charge in [0, 0.05) is 24.4 Å². The van der Waals surface area contributed by atoms with Crippen molar-refractivity contribution >= 4 is 0 Å². The molecule has 0 amide bonds. The Morgan fingerprint density at radius 1 is 1.12 bits per heavy atom. The van der Waals surface area contributed by atoms with E-state index in [1.54, 1.807) is 12.4 Å². The van der Waals surface area contributed by atoms with Crippen LogP contribution < -0.4 is 0 Å². The maximum atomic E-state index is 13.2. The van der Waals surface area contributed by atoms with Crippen molar-refractivity contribution < 1.29 is 8.78 Å². The van der Waals surface area contributed by atoms with E-state index in [0.29, 0.717) is 5.56 Å². The van der Waals surface area contributed by atoms with Crippen molar-refractivity contribution in [1.29, 1.82) is 0 Å². The first-order valence-corrected chi connectivity index (χ1v) is 5.56. The fourth-order valence-electron chi connectivity index (χ4n) is 2.02. The van der Waals surface area contributed by atoms with E-state index in [1.165, 1.54) is 12.1 Å². The van der Waals surface area contributed by atoms with E-state index in [9.17, 15) is 8.78 Å². The van der Waals surface area contributed by atoms with Gasteiger partial charge >= 0.3 is 0 Å². The highest BCUT2D eigenvalue weighted by molar-refractivity contribution is 5.31. The molecule has 2 aromatic rings. The first-order valence-electron chi connectivity index (χ1n) is 5.56. The molecule has 1 aromatic heterocycles. The lowest BCUT2D eigenvalue weighted by molar-refractivity contribution is 0.576. The second-order valence-corrected chi connectivity index (χ2v) is 3.95. The normalized spacial score (nSPS) is 12.4. The Bertz CT molecular complexity index is 477. The fraction of sp³-hybridized carbons (Fsp3) is 0.214. The predicted molar refractivity (Wildman–Crippen MR) is 62.7 cm³/mol. The number of hydrogen-bond acceptors (Lipinski definition) is 1. The molecule has 0 aliphatic carbocycles. The summed E-state index contributed by atoms with van der Waals surface area (Å²) in [5.41, 5.74) is 1.62. The lowest BCUT2D eigenvalue weighted by Crippen LogP contribution is -2.01. The largest absolute Gasteiger partial charge is 0.264 e. The van der Waals surface area contributed by atoms with E-state index >= 15 is 0 Å². The summed E-state index contributed by atoms with van der Waals surface area (Å²) in [6.45, 7) is 1.99. The zero-order valence-corrected chi connectivity index (χ0v) is 9.53. The minimum atomic E-state index is -0.539. The van der Waals surface area contributed by atoms with Crippen LogP contribution in [0.2, 0.25) is 0 Å². The topological polar surface area (TPSA) is 12.9 Å². The molecule has 2 rings (SSSR count). The van der Waals surface area contributed by atoms with Gasteiger partial charge in [0.1, 0.15) is 11.6 Å². The lowest BCUT2D eigenvalue weighted by Gasteiger charge is -2.15. The van der Waals surface area contributed by atoms with Crippen molar-refractivity contribution in [2.75, 3.05) is 0 Å². The van der Waals surface area contributed by atoms with Crippen LogP contribution >= 0.6 is 0 Å². The molecule has 0 aliphatic heterocycles. The van der Waals surface area contributed by atoms with E-state index in [4.69, 9.17) is 0 Å². The highest BCUT2D eigenvalue weighted by Crippen LogP contribution is 2.28. The molecule has 0 aliphatic rings. The van der Waals surface area contributed by atoms with Crippen LogP contribution in [0.5, 0.6) is 0 Å². The fourth-order valence-corrected chi connectivity index (χ4v) is 2.02. The smallest absolute Gasteiger partial charge is 0.126 e. The molecule has 0 saturated heterocycles. The molecule has 0 N–H and O–H groups in total. The number of halogens is 2. The van der Waals surface area contributed by atoms with Crippen LogP contribution in [0.3, 0.4) is 0 Å². The Morgan fingerprint density at radius 2 is 1.82 bits per heavy atom. The van der Waals surface area contributed by atoms with Crippen molar-refractivity contribution in [3.63, 3.8) is 0 Å². The van der Waals surface area contributed by atoms with Gasteiger partial charge in [-0.25, -0.2) is 8.78 Å². The number of nitrogens with zero attached hydrogens (tertiary/aromatic N) is 1. The van der Waals surface area contributed by atoms with Crippen molar-refractivity contribution in [2.24, 2.45) is 0 Å². The summed E-state index contributed by atoms with van der Waals surface area (Å²) in [5.74, 6) is -1.10. The molecular weight excluding hydrogens is 220 g/mol. The number of rotatable bonds is 3. The summed E-state index contributed by atoms with van der Waals surface area (Å²) >= 11 is 0. The molecule has 0 fully saturated rings. The monoisotopic (exact) mass is 233 g/mol. The Morgan fingerprint density at radius 3 is 2.35 bits per heavy atom. The number of hydrogen-bond donors (Lipinski definition) is 0. The van der Waals surface area contributed by atoms with Gasteiger partial charge in [-0.05, 0) is 35.7 Å². The van der Waals surface area contributed by atoms with Crippen molar-refractivity contribution in [1.82, 2.24) is 4.98 Å². The first-order chi connectivity index (χ1) is 8.20. The van der Waals surface area contributed by atoms with E-state index in [1.807, 2.05) is 19.1 Å². The quantitative estimate of drug-likeness (QED) is 0.783. The first kappa shape index (κ1) is 11.7. The van der Waals surface area contributed by atoms with Crippen LogP contribution in [0.25, 0.3) is 0 Å². The number of aromatic nitrogens is 1. The molecule has 1 heterocycles. The van der Waals surface area contributed by atoms with Crippen LogP contribution in [0, 0.1) is 11.6 Å². The number of pyridine rings is 1. The Labute approximate surface area is 99.1 Å². The minimum absolute atomic E-state index is 0.0195. The van der Waals surface area contributed by atoms with Crippen LogP contribution in [0.15, 0.2) is 42.7 Å². The Balaban J connectivity index is 2.42. The van der Waals surface area contributed by atoms with Crippen LogP contribution in [-0.2, 0) is 0 Å². The Kier molecular flexibility index (Phi) is 3.47. The van der Waals surface area contributed by atoms with E-state index in [0.717, 1.165) is 18.1 Å². The van der Waals surface area contributed by atoms with Crippen molar-refractivity contribution in [2.45, 2.75) is 19.3 Å². The molecule has 1 nitrogen and oxygen atoms in total. The third-order valence-electron chi connectivity index (χ3n) is 2.78. The van der Waals surface area contributed by atoms with E-state index in [2.05, 4.69) is 4.98 Å². The van der Waals surface area contributed by atoms with Crippen LogP contribution in [-0.4, -0.2) is 4.98 Å². The number of benzene rings is 1. The van der Waals surface area contributed by atoms with Gasteiger partial charge in [-0.15, -0.1) is 0 Å². The third kappa shape index (κ3) is 2.67. The molecule has 17 heavy (non-hydrogen) atoms. The third-order valence-corrected chi connectivity index (χ3v) is 2.78. The maximum Gasteiger partial charge on any atom is 0.126 e. The molecule has 0 saturated carbocycles. The van der Waals surface area contributed by atoms with E-state index < -0.39 is 11.6 Å². The highest BCUT2D eigenvalue weighted by Gasteiger charge is 2.14. The standard InChI is InChI=1S/C14H13F2N/c1-2-14(10-4-3-5-17-9-10)11-6-12(15)8-13(16)7-11/h3-9,14H,2H2,1H3. The van der Waals surface area contributed by atoms with Gasteiger partial charge in [0.2, 0.25) is 0 Å². The zero-order chi connectivity index (χ0) is 12.3. The van der Waals surface area contributed by atoms with Gasteiger partial charge in [0.25, 0.3) is 0 Å². The molecule has 88 valence electrons. The molecule has 1 aromatic carbocycles. The lowest BCUT2D eigenvalue weighted by atomic mass is 9.90. The molecule has 0 bridgehead atoms. The SMILES string of the molecule is CCC(c1cccnc1)c1cc(F)cc(F)c1. The molecule has 1 atom stereocenters. The maximum absolute atomic E-state index is 13.2. The zero-order valence-electron chi connectivity index (χ0n) is 9.53. The van der Waals surface area contributed by atoms with Crippen LogP contribution in [0.4, 0.5) is 8.78 Å². The molecular formula is C14H13F2N. The predicted octanol–water partition coefficient (Wildman–Crippen LogP) is 3.90. The van der Waals surface area contributed by atoms with Crippen LogP contribution in [0.1, 0.15) is 30.4 Å². The molecule has 0 spiro atoms. The minimum Gasteiger partial charge on any atom is -0.264 e. The molecule has 1 unspecified atom stereocenters. The van der Waals surface area contributed by atoms with Gasteiger partial charge in [0.15, 0.2) is 0 Å².